The van der Waals surface area contributed by atoms with Crippen LogP contribution in [0.25, 0.3) is 66.4 Å². The molecule has 0 aromatic heterocycles. The molecule has 0 heterocycles. The quantitative estimate of drug-likeness (QED) is 0.168. The maximum absolute atomic E-state index is 2.51. The highest BCUT2D eigenvalue weighted by Gasteiger charge is 2.53. The topological polar surface area (TPSA) is 3.24 Å². The van der Waals surface area contributed by atoms with Crippen molar-refractivity contribution >= 4 is 27.8 Å². The third-order valence-corrected chi connectivity index (χ3v) is 14.5. The van der Waals surface area contributed by atoms with Gasteiger partial charge in [0, 0.05) is 22.4 Å². The van der Waals surface area contributed by atoms with Gasteiger partial charge in [-0.3, -0.25) is 0 Å². The highest BCUT2D eigenvalue weighted by molar-refractivity contribution is 6.01. The van der Waals surface area contributed by atoms with Gasteiger partial charge in [0.25, 0.3) is 0 Å². The molecule has 63 heavy (non-hydrogen) atoms. The highest BCUT2D eigenvalue weighted by atomic mass is 15.1. The Morgan fingerprint density at radius 1 is 0.317 bits per heavy atom. The summed E-state index contributed by atoms with van der Waals surface area (Å²) in [4.78, 5) is 2.51. The van der Waals surface area contributed by atoms with Gasteiger partial charge >= 0.3 is 0 Å². The first kappa shape index (κ1) is 36.0. The largest absolute Gasteiger partial charge is 0.310 e. The Kier molecular flexibility index (Phi) is 7.64. The minimum atomic E-state index is -0.494. The minimum Gasteiger partial charge on any atom is -0.310 e. The van der Waals surface area contributed by atoms with Gasteiger partial charge in [-0.05, 0) is 131 Å². The summed E-state index contributed by atoms with van der Waals surface area (Å²) in [6.07, 6.45) is 0. The van der Waals surface area contributed by atoms with Crippen LogP contribution in [0.3, 0.4) is 0 Å². The van der Waals surface area contributed by atoms with E-state index in [9.17, 15) is 0 Å². The van der Waals surface area contributed by atoms with Crippen LogP contribution in [0.4, 0.5) is 17.1 Å². The second-order valence-electron chi connectivity index (χ2n) is 18.0. The molecule has 0 atom stereocenters. The van der Waals surface area contributed by atoms with Crippen LogP contribution in [0.2, 0.25) is 0 Å². The number of nitrogens with zero attached hydrogens (tertiary/aromatic N) is 1. The fraction of sp³-hybridized carbons (Fsp3) is 0.0645. The zero-order valence-electron chi connectivity index (χ0n) is 35.3. The second kappa shape index (κ2) is 13.4. The van der Waals surface area contributed by atoms with Crippen molar-refractivity contribution in [3.8, 4) is 55.6 Å². The molecule has 10 aromatic rings. The Morgan fingerprint density at radius 3 is 1.41 bits per heavy atom. The van der Waals surface area contributed by atoms with E-state index in [2.05, 4.69) is 243 Å². The highest BCUT2D eigenvalue weighted by Crippen LogP contribution is 2.65. The smallest absolute Gasteiger partial charge is 0.0746 e. The Bertz CT molecular complexity index is 3410. The van der Waals surface area contributed by atoms with E-state index in [0.29, 0.717) is 0 Å². The van der Waals surface area contributed by atoms with Crippen molar-refractivity contribution in [2.24, 2.45) is 0 Å². The van der Waals surface area contributed by atoms with E-state index in [0.717, 1.165) is 11.4 Å². The van der Waals surface area contributed by atoms with Crippen molar-refractivity contribution in [2.75, 3.05) is 4.90 Å². The fourth-order valence-corrected chi connectivity index (χ4v) is 11.7. The summed E-state index contributed by atoms with van der Waals surface area (Å²) in [5.74, 6) is 0. The third-order valence-electron chi connectivity index (χ3n) is 14.5. The van der Waals surface area contributed by atoms with E-state index in [1.807, 2.05) is 0 Å². The lowest BCUT2D eigenvalue weighted by molar-refractivity contribution is 0.660. The molecule has 3 aliphatic carbocycles. The molecule has 0 saturated carbocycles. The van der Waals surface area contributed by atoms with Crippen molar-refractivity contribution in [2.45, 2.75) is 24.7 Å². The van der Waals surface area contributed by atoms with Gasteiger partial charge in [0.05, 0.1) is 11.1 Å². The molecule has 0 N–H and O–H groups in total. The van der Waals surface area contributed by atoms with E-state index in [1.54, 1.807) is 0 Å². The Labute approximate surface area is 369 Å². The number of hydrogen-bond acceptors (Lipinski definition) is 1. The first-order chi connectivity index (χ1) is 31.0. The van der Waals surface area contributed by atoms with Crippen LogP contribution >= 0.6 is 0 Å². The minimum absolute atomic E-state index is 0.0599. The fourth-order valence-electron chi connectivity index (χ4n) is 11.7. The molecule has 1 heteroatoms. The average molecular weight is 802 g/mol. The number of benzene rings is 10. The van der Waals surface area contributed by atoms with Gasteiger partial charge in [-0.2, -0.15) is 0 Å². The van der Waals surface area contributed by atoms with Crippen LogP contribution in [0, 0.1) is 0 Å². The van der Waals surface area contributed by atoms with Crippen molar-refractivity contribution in [1.82, 2.24) is 0 Å². The first-order valence-corrected chi connectivity index (χ1v) is 22.2. The van der Waals surface area contributed by atoms with Crippen LogP contribution in [-0.4, -0.2) is 0 Å². The molecule has 1 nitrogen and oxygen atoms in total. The molecule has 10 aromatic carbocycles. The summed E-state index contributed by atoms with van der Waals surface area (Å²) >= 11 is 0. The Balaban J connectivity index is 1.01. The predicted octanol–water partition coefficient (Wildman–Crippen LogP) is 16.3. The van der Waals surface area contributed by atoms with E-state index in [-0.39, 0.29) is 5.41 Å². The van der Waals surface area contributed by atoms with Gasteiger partial charge in [-0.1, -0.05) is 202 Å². The molecule has 0 unspecified atom stereocenters. The Morgan fingerprint density at radius 2 is 0.762 bits per heavy atom. The Hall–Kier alpha value is -7.74. The lowest BCUT2D eigenvalue weighted by Gasteiger charge is -2.36. The predicted molar refractivity (Wildman–Crippen MR) is 263 cm³/mol. The zero-order valence-corrected chi connectivity index (χ0v) is 35.3. The molecule has 1 spiro atoms. The number of fused-ring (bicyclic) bond motifs is 14. The normalized spacial score (nSPS) is 14.1. The molecular formula is C62H43N. The summed E-state index contributed by atoms with van der Waals surface area (Å²) in [6.45, 7) is 4.72. The van der Waals surface area contributed by atoms with Crippen LogP contribution in [-0.2, 0) is 10.8 Å². The average Bonchev–Trinajstić information content (AvgIpc) is 3.91. The van der Waals surface area contributed by atoms with Crippen molar-refractivity contribution in [3.63, 3.8) is 0 Å². The van der Waals surface area contributed by atoms with Crippen LogP contribution in [0.1, 0.15) is 47.2 Å². The summed E-state index contributed by atoms with van der Waals surface area (Å²) < 4.78 is 0. The van der Waals surface area contributed by atoms with Crippen molar-refractivity contribution in [1.29, 1.82) is 0 Å². The monoisotopic (exact) mass is 801 g/mol. The van der Waals surface area contributed by atoms with Gasteiger partial charge in [0.15, 0.2) is 0 Å². The maximum atomic E-state index is 2.51. The standard InChI is InChI=1S/C62H43N/c1-61(2)54-24-9-5-18-48(54)52-38-33-43(39-58(52)61)40-29-34-44(35-30-40)63(45-36-31-42(32-37-45)47-22-13-16-41-15-3-4-17-46(41)47)59-28-14-23-53-51-21-8-12-27-57(51)62(60(53)59)55-25-10-6-19-49(55)50-20-7-11-26-56(50)62/h3-39H,1-2H3. The summed E-state index contributed by atoms with van der Waals surface area (Å²) in [6, 6.07) is 84.0. The van der Waals surface area contributed by atoms with Gasteiger partial charge in [0.2, 0.25) is 0 Å². The van der Waals surface area contributed by atoms with Gasteiger partial charge in [-0.15, -0.1) is 0 Å². The van der Waals surface area contributed by atoms with Crippen LogP contribution in [0.15, 0.2) is 224 Å². The van der Waals surface area contributed by atoms with Gasteiger partial charge in [0.1, 0.15) is 0 Å². The van der Waals surface area contributed by atoms with Crippen LogP contribution < -0.4 is 4.90 Å². The molecule has 296 valence electrons. The van der Waals surface area contributed by atoms with E-state index in [1.165, 1.54) is 105 Å². The molecular weight excluding hydrogens is 759 g/mol. The SMILES string of the molecule is CC1(C)c2ccccc2-c2ccc(-c3ccc(N(c4ccc(-c5cccc6ccccc56)cc4)c4cccc5c4C4(c6ccccc6-c6ccccc64)c4ccccc4-5)cc3)cc21. The van der Waals surface area contributed by atoms with Gasteiger partial charge in [-0.25, -0.2) is 0 Å². The van der Waals surface area contributed by atoms with E-state index in [4.69, 9.17) is 0 Å². The molecule has 0 fully saturated rings. The molecule has 3 aliphatic rings. The number of hydrogen-bond donors (Lipinski definition) is 0. The molecule has 0 aliphatic heterocycles. The third kappa shape index (κ3) is 4.99. The molecule has 13 rings (SSSR count). The lowest BCUT2D eigenvalue weighted by Crippen LogP contribution is -2.28. The molecule has 0 saturated heterocycles. The van der Waals surface area contributed by atoms with Crippen molar-refractivity contribution in [3.05, 3.63) is 258 Å². The second-order valence-corrected chi connectivity index (χ2v) is 18.0. The number of rotatable bonds is 5. The molecule has 0 bridgehead atoms. The molecule has 0 radical (unpaired) electrons. The lowest BCUT2D eigenvalue weighted by atomic mass is 9.70. The van der Waals surface area contributed by atoms with Gasteiger partial charge < -0.3 is 4.90 Å². The van der Waals surface area contributed by atoms with E-state index < -0.39 is 5.41 Å². The maximum Gasteiger partial charge on any atom is 0.0746 e. The van der Waals surface area contributed by atoms with Crippen molar-refractivity contribution < 1.29 is 0 Å². The summed E-state index contributed by atoms with van der Waals surface area (Å²) in [5, 5.41) is 2.51. The summed E-state index contributed by atoms with van der Waals surface area (Å²) in [7, 11) is 0. The van der Waals surface area contributed by atoms with E-state index >= 15 is 0 Å². The molecule has 0 amide bonds. The number of anilines is 3. The zero-order chi connectivity index (χ0) is 41.9. The van der Waals surface area contributed by atoms with Crippen LogP contribution in [0.5, 0.6) is 0 Å². The summed E-state index contributed by atoms with van der Waals surface area (Å²) in [5.41, 5.74) is 23.8. The first-order valence-electron chi connectivity index (χ1n) is 22.2.